The minimum absolute atomic E-state index is 0.257. The van der Waals surface area contributed by atoms with E-state index in [0.717, 1.165) is 5.56 Å². The Morgan fingerprint density at radius 3 is 2.21 bits per heavy atom. The number of hydrogen-bond acceptors (Lipinski definition) is 4. The molecule has 0 aliphatic heterocycles. The van der Waals surface area contributed by atoms with Gasteiger partial charge in [-0.3, -0.25) is 4.79 Å². The van der Waals surface area contributed by atoms with Crippen LogP contribution in [-0.2, 0) is 22.6 Å². The molecule has 0 fully saturated rings. The lowest BCUT2D eigenvalue weighted by Gasteiger charge is -2.19. The smallest absolute Gasteiger partial charge is 0.407 e. The van der Waals surface area contributed by atoms with Crippen molar-refractivity contribution in [3.63, 3.8) is 0 Å². The molecule has 0 aliphatic carbocycles. The molecule has 1 atom stereocenters. The maximum atomic E-state index is 12.8. The molecule has 0 bridgehead atoms. The average Bonchev–Trinajstić information content (AvgIpc) is 2.64. The monoisotopic (exact) mass is 403 g/mol. The molecule has 158 valence electrons. The summed E-state index contributed by atoms with van der Waals surface area (Å²) in [5, 5.41) is 5.58. The molecule has 0 aromatic heterocycles. The molecule has 0 radical (unpaired) electrons. The van der Waals surface area contributed by atoms with E-state index in [1.165, 1.54) is 12.1 Å². The molecular formula is C22H30FN3O3. The summed E-state index contributed by atoms with van der Waals surface area (Å²) in [5.74, 6) is -0.639. The average molecular weight is 403 g/mol. The van der Waals surface area contributed by atoms with Crippen molar-refractivity contribution in [3.05, 3.63) is 71.5 Å². The number of benzene rings is 2. The molecule has 7 heteroatoms. The number of primary amides is 1. The Bertz CT molecular complexity index is 776. The quantitative estimate of drug-likeness (QED) is 0.688. The summed E-state index contributed by atoms with van der Waals surface area (Å²) in [6.07, 6.45) is -0.503. The molecule has 29 heavy (non-hydrogen) atoms. The van der Waals surface area contributed by atoms with Gasteiger partial charge in [-0.2, -0.15) is 0 Å². The van der Waals surface area contributed by atoms with E-state index in [4.69, 9.17) is 10.5 Å². The first kappa shape index (κ1) is 24.1. The van der Waals surface area contributed by atoms with Crippen LogP contribution in [0.25, 0.3) is 0 Å². The standard InChI is InChI=1S/C12H16FNO2.C10H14N2O/c1-12(2,3)16-11(15)14-8-9-5-4-6-10(13)7-9;1-8(10(11)13)12-7-9-5-3-2-4-6-9/h4-7H,8H2,1-3H3,(H,14,15);2-6,8,12H,7H2,1H3,(H2,11,13). The highest BCUT2D eigenvalue weighted by molar-refractivity contribution is 5.79. The molecule has 2 aromatic rings. The predicted octanol–water partition coefficient (Wildman–Crippen LogP) is 3.50. The van der Waals surface area contributed by atoms with Crippen molar-refractivity contribution in [2.75, 3.05) is 0 Å². The first-order chi connectivity index (χ1) is 13.6. The van der Waals surface area contributed by atoms with Crippen LogP contribution in [0.3, 0.4) is 0 Å². The molecule has 4 N–H and O–H groups in total. The van der Waals surface area contributed by atoms with E-state index in [-0.39, 0.29) is 24.3 Å². The topological polar surface area (TPSA) is 93.4 Å². The van der Waals surface area contributed by atoms with Crippen molar-refractivity contribution in [2.24, 2.45) is 5.73 Å². The van der Waals surface area contributed by atoms with Crippen LogP contribution in [0.4, 0.5) is 9.18 Å². The van der Waals surface area contributed by atoms with E-state index in [9.17, 15) is 14.0 Å². The Balaban J connectivity index is 0.000000296. The van der Waals surface area contributed by atoms with Crippen LogP contribution in [0.15, 0.2) is 54.6 Å². The van der Waals surface area contributed by atoms with Crippen molar-refractivity contribution in [1.29, 1.82) is 0 Å². The SMILES string of the molecule is CC(C)(C)OC(=O)NCc1cccc(F)c1.CC(NCc1ccccc1)C(N)=O. The van der Waals surface area contributed by atoms with Gasteiger partial charge in [-0.15, -0.1) is 0 Å². The first-order valence-corrected chi connectivity index (χ1v) is 9.35. The van der Waals surface area contributed by atoms with E-state index in [2.05, 4.69) is 10.6 Å². The van der Waals surface area contributed by atoms with Gasteiger partial charge in [0.2, 0.25) is 5.91 Å². The highest BCUT2D eigenvalue weighted by atomic mass is 19.1. The fourth-order valence-corrected chi connectivity index (χ4v) is 2.10. The molecule has 0 spiro atoms. The molecule has 6 nitrogen and oxygen atoms in total. The van der Waals surface area contributed by atoms with E-state index < -0.39 is 11.7 Å². The second kappa shape index (κ2) is 11.8. The summed E-state index contributed by atoms with van der Waals surface area (Å²) >= 11 is 0. The summed E-state index contributed by atoms with van der Waals surface area (Å²) in [7, 11) is 0. The molecule has 0 heterocycles. The number of nitrogens with two attached hydrogens (primary N) is 1. The second-order valence-electron chi connectivity index (χ2n) is 7.48. The molecule has 2 aromatic carbocycles. The second-order valence-corrected chi connectivity index (χ2v) is 7.48. The molecule has 0 aliphatic rings. The van der Waals surface area contributed by atoms with Gasteiger partial charge in [0, 0.05) is 13.1 Å². The van der Waals surface area contributed by atoms with E-state index in [0.29, 0.717) is 12.1 Å². The lowest BCUT2D eigenvalue weighted by atomic mass is 10.2. The van der Waals surface area contributed by atoms with Gasteiger partial charge in [-0.05, 0) is 51.0 Å². The van der Waals surface area contributed by atoms with Gasteiger partial charge in [-0.1, -0.05) is 42.5 Å². The third-order valence-corrected chi connectivity index (χ3v) is 3.61. The lowest BCUT2D eigenvalue weighted by Crippen LogP contribution is -2.38. The number of carbonyl (C=O) groups excluding carboxylic acids is 2. The van der Waals surface area contributed by atoms with Crippen molar-refractivity contribution in [2.45, 2.75) is 52.4 Å². The highest BCUT2D eigenvalue weighted by Crippen LogP contribution is 2.07. The van der Waals surface area contributed by atoms with Crippen molar-refractivity contribution in [1.82, 2.24) is 10.6 Å². The summed E-state index contributed by atoms with van der Waals surface area (Å²) in [5.41, 5.74) is 6.43. The van der Waals surface area contributed by atoms with Crippen LogP contribution >= 0.6 is 0 Å². The number of hydrogen-bond donors (Lipinski definition) is 3. The minimum Gasteiger partial charge on any atom is -0.444 e. The Morgan fingerprint density at radius 1 is 1.03 bits per heavy atom. The summed E-state index contributed by atoms with van der Waals surface area (Å²) in [6.45, 7) is 8.04. The van der Waals surface area contributed by atoms with E-state index in [1.807, 2.05) is 30.3 Å². The highest BCUT2D eigenvalue weighted by Gasteiger charge is 2.15. The van der Waals surface area contributed by atoms with Gasteiger partial charge in [0.25, 0.3) is 0 Å². The number of nitrogens with one attached hydrogen (secondary N) is 2. The number of carbonyl (C=O) groups is 2. The third-order valence-electron chi connectivity index (χ3n) is 3.61. The Hall–Kier alpha value is -2.93. The molecule has 2 rings (SSSR count). The van der Waals surface area contributed by atoms with Gasteiger partial charge in [0.1, 0.15) is 11.4 Å². The van der Waals surface area contributed by atoms with Gasteiger partial charge >= 0.3 is 6.09 Å². The zero-order valence-electron chi connectivity index (χ0n) is 17.4. The van der Waals surface area contributed by atoms with Crippen LogP contribution in [0.2, 0.25) is 0 Å². The van der Waals surface area contributed by atoms with Crippen molar-refractivity contribution < 1.29 is 18.7 Å². The minimum atomic E-state index is -0.522. The first-order valence-electron chi connectivity index (χ1n) is 9.35. The van der Waals surface area contributed by atoms with Crippen molar-refractivity contribution in [3.8, 4) is 0 Å². The van der Waals surface area contributed by atoms with Crippen LogP contribution in [0.5, 0.6) is 0 Å². The number of amides is 2. The van der Waals surface area contributed by atoms with Crippen LogP contribution in [0, 0.1) is 5.82 Å². The molecule has 2 amide bonds. The van der Waals surface area contributed by atoms with E-state index >= 15 is 0 Å². The molecular weight excluding hydrogens is 373 g/mol. The normalized spacial score (nSPS) is 11.6. The Kier molecular flexibility index (Phi) is 9.82. The molecule has 1 unspecified atom stereocenters. The number of rotatable bonds is 6. The largest absolute Gasteiger partial charge is 0.444 e. The maximum Gasteiger partial charge on any atom is 0.407 e. The zero-order valence-corrected chi connectivity index (χ0v) is 17.4. The summed E-state index contributed by atoms with van der Waals surface area (Å²) < 4.78 is 17.9. The van der Waals surface area contributed by atoms with E-state index in [1.54, 1.807) is 39.8 Å². The number of halogens is 1. The van der Waals surface area contributed by atoms with Crippen LogP contribution < -0.4 is 16.4 Å². The predicted molar refractivity (Wildman–Crippen MR) is 111 cm³/mol. The zero-order chi connectivity index (χ0) is 21.9. The Morgan fingerprint density at radius 2 is 1.66 bits per heavy atom. The summed E-state index contributed by atoms with van der Waals surface area (Å²) in [4.78, 5) is 22.0. The van der Waals surface area contributed by atoms with Gasteiger partial charge in [0.15, 0.2) is 0 Å². The lowest BCUT2D eigenvalue weighted by molar-refractivity contribution is -0.119. The third kappa shape index (κ3) is 11.5. The van der Waals surface area contributed by atoms with Crippen LogP contribution in [-0.4, -0.2) is 23.6 Å². The Labute approximate surface area is 171 Å². The van der Waals surface area contributed by atoms with Gasteiger partial charge in [-0.25, -0.2) is 9.18 Å². The number of alkyl carbamates (subject to hydrolysis) is 1. The molecule has 0 saturated heterocycles. The summed E-state index contributed by atoms with van der Waals surface area (Å²) in [6, 6.07) is 15.7. The fourth-order valence-electron chi connectivity index (χ4n) is 2.10. The number of ether oxygens (including phenoxy) is 1. The van der Waals surface area contributed by atoms with Crippen molar-refractivity contribution >= 4 is 12.0 Å². The maximum absolute atomic E-state index is 12.8. The van der Waals surface area contributed by atoms with Crippen LogP contribution in [0.1, 0.15) is 38.8 Å². The fraction of sp³-hybridized carbons (Fsp3) is 0.364. The van der Waals surface area contributed by atoms with Gasteiger partial charge in [0.05, 0.1) is 6.04 Å². The molecule has 0 saturated carbocycles. The van der Waals surface area contributed by atoms with Gasteiger partial charge < -0.3 is 21.1 Å².